The Morgan fingerprint density at radius 3 is 2.19 bits per heavy atom. The molecule has 0 amide bonds. The lowest BCUT2D eigenvalue weighted by molar-refractivity contribution is -0.156. The number of esters is 2. The molecule has 1 fully saturated rings. The topological polar surface area (TPSA) is 125 Å². The molecule has 6 rings (SSSR count). The van der Waals surface area contributed by atoms with Crippen LogP contribution in [0.1, 0.15) is 39.1 Å². The molecule has 42 heavy (non-hydrogen) atoms. The average Bonchev–Trinajstić information content (AvgIpc) is 3.64. The van der Waals surface area contributed by atoms with Gasteiger partial charge in [-0.1, -0.05) is 0 Å². The zero-order chi connectivity index (χ0) is 29.4. The van der Waals surface area contributed by atoms with Crippen LogP contribution in [-0.4, -0.2) is 59.6 Å². The first-order valence-electron chi connectivity index (χ1n) is 13.2. The van der Waals surface area contributed by atoms with Crippen LogP contribution in [0, 0.1) is 11.8 Å². The van der Waals surface area contributed by atoms with Crippen molar-refractivity contribution in [3.63, 3.8) is 0 Å². The van der Waals surface area contributed by atoms with Gasteiger partial charge in [0, 0.05) is 23.0 Å². The Bertz CT molecular complexity index is 1510. The molecule has 1 aliphatic carbocycles. The third-order valence-electron chi connectivity index (χ3n) is 7.80. The molecule has 0 radical (unpaired) electrons. The average molecular weight is 577 g/mol. The van der Waals surface area contributed by atoms with E-state index in [-0.39, 0.29) is 20.0 Å². The number of carbonyl (C=O) groups is 3. The molecule has 0 N–H and O–H groups in total. The van der Waals surface area contributed by atoms with E-state index in [1.54, 1.807) is 42.5 Å². The third-order valence-corrected chi connectivity index (χ3v) is 7.80. The van der Waals surface area contributed by atoms with Crippen molar-refractivity contribution in [2.45, 2.75) is 12.0 Å². The Hall–Kier alpha value is -4.93. The fourth-order valence-corrected chi connectivity index (χ4v) is 5.90. The van der Waals surface area contributed by atoms with Gasteiger partial charge >= 0.3 is 11.9 Å². The van der Waals surface area contributed by atoms with Crippen molar-refractivity contribution >= 4 is 18.2 Å². The van der Waals surface area contributed by atoms with Crippen molar-refractivity contribution in [3.8, 4) is 34.5 Å². The van der Waals surface area contributed by atoms with E-state index in [0.29, 0.717) is 45.6 Å². The normalized spacial score (nSPS) is 21.5. The number of rotatable bonds is 9. The summed E-state index contributed by atoms with van der Waals surface area (Å²) in [6.45, 7) is -0.271. The summed E-state index contributed by atoms with van der Waals surface area (Å²) >= 11 is 0. The molecular weight excluding hydrogens is 548 g/mol. The number of aldehydes is 1. The summed E-state index contributed by atoms with van der Waals surface area (Å²) in [5, 5.41) is 0. The van der Waals surface area contributed by atoms with Gasteiger partial charge in [0.25, 0.3) is 0 Å². The minimum Gasteiger partial charge on any atom is -0.493 e. The molecule has 0 saturated carbocycles. The minimum atomic E-state index is -0.822. The van der Waals surface area contributed by atoms with Crippen LogP contribution in [0.3, 0.4) is 0 Å². The fourth-order valence-electron chi connectivity index (χ4n) is 5.90. The molecule has 1 unspecified atom stereocenters. The number of fused-ring (bicyclic) bond motifs is 3. The van der Waals surface area contributed by atoms with Gasteiger partial charge in [-0.05, 0) is 59.7 Å². The summed E-state index contributed by atoms with van der Waals surface area (Å²) in [6, 6.07) is 13.6. The van der Waals surface area contributed by atoms with Gasteiger partial charge in [0.2, 0.25) is 12.5 Å². The van der Waals surface area contributed by atoms with Gasteiger partial charge in [-0.3, -0.25) is 9.59 Å². The highest BCUT2D eigenvalue weighted by Crippen LogP contribution is 2.56. The van der Waals surface area contributed by atoms with Gasteiger partial charge in [0.1, 0.15) is 18.1 Å². The quantitative estimate of drug-likeness (QED) is 0.272. The second kappa shape index (κ2) is 11.2. The molecule has 0 bridgehead atoms. The van der Waals surface area contributed by atoms with Gasteiger partial charge in [0.05, 0.1) is 33.9 Å². The number of carbonyl (C=O) groups excluding carboxylic acids is 3. The highest BCUT2D eigenvalue weighted by molar-refractivity contribution is 5.80. The number of ether oxygens (including phenoxy) is 8. The molecule has 0 aromatic heterocycles. The van der Waals surface area contributed by atoms with Crippen LogP contribution in [-0.2, 0) is 19.1 Å². The Labute approximate surface area is 241 Å². The number of benzene rings is 3. The summed E-state index contributed by atoms with van der Waals surface area (Å²) in [7, 11) is 4.56. The molecule has 3 aliphatic rings. The van der Waals surface area contributed by atoms with E-state index in [9.17, 15) is 14.4 Å². The van der Waals surface area contributed by atoms with E-state index in [1.807, 2.05) is 6.07 Å². The largest absolute Gasteiger partial charge is 0.493 e. The van der Waals surface area contributed by atoms with Crippen LogP contribution in [0.25, 0.3) is 0 Å². The summed E-state index contributed by atoms with van der Waals surface area (Å²) in [6.07, 6.45) is -0.102. The van der Waals surface area contributed by atoms with Crippen LogP contribution >= 0.6 is 0 Å². The lowest BCUT2D eigenvalue weighted by atomic mass is 9.66. The van der Waals surface area contributed by atoms with Crippen molar-refractivity contribution in [1.29, 1.82) is 0 Å². The van der Waals surface area contributed by atoms with E-state index in [2.05, 4.69) is 0 Å². The first-order chi connectivity index (χ1) is 20.4. The number of methoxy groups -OCH3 is 3. The zero-order valence-electron chi connectivity index (χ0n) is 23.1. The van der Waals surface area contributed by atoms with Crippen molar-refractivity contribution in [1.82, 2.24) is 0 Å². The Balaban J connectivity index is 1.39. The van der Waals surface area contributed by atoms with E-state index in [1.165, 1.54) is 21.3 Å². The lowest BCUT2D eigenvalue weighted by Gasteiger charge is -2.38. The number of hydrogen-bond acceptors (Lipinski definition) is 11. The van der Waals surface area contributed by atoms with Crippen molar-refractivity contribution in [2.24, 2.45) is 11.8 Å². The van der Waals surface area contributed by atoms with E-state index < -0.39 is 35.8 Å². The first kappa shape index (κ1) is 27.3. The van der Waals surface area contributed by atoms with E-state index >= 15 is 0 Å². The molecule has 1 saturated heterocycles. The van der Waals surface area contributed by atoms with Crippen LogP contribution in [0.15, 0.2) is 48.5 Å². The maximum atomic E-state index is 13.3. The molecule has 3 aromatic carbocycles. The molecular formula is C31H28O11. The summed E-state index contributed by atoms with van der Waals surface area (Å²) in [5.74, 6) is -0.00799. The van der Waals surface area contributed by atoms with Crippen LogP contribution in [0.2, 0.25) is 0 Å². The standard InChI is InChI=1S/C31H28O11/c1-35-24-8-17(9-25(36-2)30(24)37-3)27-19-10-22-23(41-15-40-22)11-20(19)29(21-13-39-31(34)28(21)27)42-26(33)14-38-18-6-4-16(12-32)5-7-18/h4-12,21,27-29H,13-15H2,1-3H3/t21?,27-,28+,29+/m1/s1. The van der Waals surface area contributed by atoms with Crippen LogP contribution < -0.4 is 28.4 Å². The van der Waals surface area contributed by atoms with Gasteiger partial charge in [0.15, 0.2) is 29.6 Å². The summed E-state index contributed by atoms with van der Waals surface area (Å²) in [5.41, 5.74) is 2.60. The number of hydrogen-bond donors (Lipinski definition) is 0. The first-order valence-corrected chi connectivity index (χ1v) is 13.2. The minimum absolute atomic E-state index is 0.0448. The van der Waals surface area contributed by atoms with E-state index in [0.717, 1.165) is 17.4 Å². The van der Waals surface area contributed by atoms with Crippen molar-refractivity contribution < 1.29 is 52.3 Å². The smallest absolute Gasteiger partial charge is 0.344 e. The Morgan fingerprint density at radius 1 is 0.905 bits per heavy atom. The monoisotopic (exact) mass is 576 g/mol. The zero-order valence-corrected chi connectivity index (χ0v) is 23.1. The van der Waals surface area contributed by atoms with Gasteiger partial charge in [-0.15, -0.1) is 0 Å². The fraction of sp³-hybridized carbons (Fsp3) is 0.323. The van der Waals surface area contributed by atoms with Crippen molar-refractivity contribution in [2.75, 3.05) is 41.3 Å². The Morgan fingerprint density at radius 2 is 1.57 bits per heavy atom. The predicted octanol–water partition coefficient (Wildman–Crippen LogP) is 3.85. The second-order valence-electron chi connectivity index (χ2n) is 9.98. The lowest BCUT2D eigenvalue weighted by Crippen LogP contribution is -2.37. The molecule has 218 valence electrons. The van der Waals surface area contributed by atoms with Gasteiger partial charge < -0.3 is 37.9 Å². The predicted molar refractivity (Wildman–Crippen MR) is 145 cm³/mol. The highest BCUT2D eigenvalue weighted by Gasteiger charge is 2.54. The SMILES string of the molecule is COc1cc([C@@H]2c3cc4c(cc3[C@H](OC(=O)COc3ccc(C=O)cc3)C3COC(=O)[C@@H]32)OCO4)cc(OC)c1OC. The molecule has 2 heterocycles. The van der Waals surface area contributed by atoms with Crippen molar-refractivity contribution in [3.05, 3.63) is 70.8 Å². The molecule has 3 aromatic rings. The molecule has 4 atom stereocenters. The van der Waals surface area contributed by atoms with E-state index in [4.69, 9.17) is 37.9 Å². The highest BCUT2D eigenvalue weighted by atomic mass is 16.7. The Kier molecular flexibility index (Phi) is 7.24. The van der Waals surface area contributed by atoms with Gasteiger partial charge in [-0.25, -0.2) is 4.79 Å². The number of cyclic esters (lactones) is 1. The summed E-state index contributed by atoms with van der Waals surface area (Å²) < 4.78 is 45.2. The third kappa shape index (κ3) is 4.70. The molecule has 2 aliphatic heterocycles. The maximum absolute atomic E-state index is 13.3. The van der Waals surface area contributed by atoms with Gasteiger partial charge in [-0.2, -0.15) is 0 Å². The van der Waals surface area contributed by atoms with Crippen LogP contribution in [0.4, 0.5) is 0 Å². The van der Waals surface area contributed by atoms with Crippen LogP contribution in [0.5, 0.6) is 34.5 Å². The second-order valence-corrected chi connectivity index (χ2v) is 9.98. The summed E-state index contributed by atoms with van der Waals surface area (Å²) in [4.78, 5) is 37.3. The maximum Gasteiger partial charge on any atom is 0.344 e. The molecule has 11 heteroatoms. The molecule has 0 spiro atoms. The molecule has 11 nitrogen and oxygen atoms in total.